The number of thioether (sulfide) groups is 1. The molecule has 0 radical (unpaired) electrons. The summed E-state index contributed by atoms with van der Waals surface area (Å²) in [5.74, 6) is 1.03. The van der Waals surface area contributed by atoms with Crippen molar-refractivity contribution in [3.05, 3.63) is 64.7 Å². The number of aryl methyl sites for hydroxylation is 1. The summed E-state index contributed by atoms with van der Waals surface area (Å²) in [5, 5.41) is 3.81. The van der Waals surface area contributed by atoms with Crippen molar-refractivity contribution < 1.29 is 4.79 Å². The third kappa shape index (κ3) is 6.28. The summed E-state index contributed by atoms with van der Waals surface area (Å²) >= 11 is 7.61. The van der Waals surface area contributed by atoms with Gasteiger partial charge in [0, 0.05) is 16.3 Å². The number of hydrogen-bond donors (Lipinski definition) is 1. The molecule has 2 nitrogen and oxygen atoms in total. The molecule has 1 N–H and O–H groups in total. The Hall–Kier alpha value is -1.45. The Kier molecular flexibility index (Phi) is 7.00. The predicted octanol–water partition coefficient (Wildman–Crippen LogP) is 5.40. The number of carbonyl (C=O) groups is 1. The van der Waals surface area contributed by atoms with Gasteiger partial charge in [-0.2, -0.15) is 0 Å². The second-order valence-electron chi connectivity index (χ2n) is 5.61. The maximum absolute atomic E-state index is 12.0. The van der Waals surface area contributed by atoms with Crippen LogP contribution in [0.15, 0.2) is 53.4 Å². The molecule has 23 heavy (non-hydrogen) atoms. The SMILES string of the molecule is Cc1ccc([C@@H](C)NC(=O)CCCSc2ccc(Cl)cc2)cc1. The minimum absolute atomic E-state index is 0.0482. The van der Waals surface area contributed by atoms with Gasteiger partial charge in [0.05, 0.1) is 6.04 Å². The first-order valence-corrected chi connectivity index (χ1v) is 9.15. The zero-order valence-electron chi connectivity index (χ0n) is 13.5. The van der Waals surface area contributed by atoms with Crippen molar-refractivity contribution in [2.75, 3.05) is 5.75 Å². The van der Waals surface area contributed by atoms with Crippen LogP contribution in [0.5, 0.6) is 0 Å². The third-order valence-corrected chi connectivity index (χ3v) is 4.94. The average molecular weight is 348 g/mol. The lowest BCUT2D eigenvalue weighted by atomic mass is 10.1. The van der Waals surface area contributed by atoms with Gasteiger partial charge < -0.3 is 5.32 Å². The van der Waals surface area contributed by atoms with E-state index in [9.17, 15) is 4.79 Å². The van der Waals surface area contributed by atoms with Gasteiger partial charge in [-0.15, -0.1) is 11.8 Å². The second kappa shape index (κ2) is 8.99. The van der Waals surface area contributed by atoms with Gasteiger partial charge >= 0.3 is 0 Å². The number of benzene rings is 2. The van der Waals surface area contributed by atoms with Crippen LogP contribution in [0.4, 0.5) is 0 Å². The number of carbonyl (C=O) groups excluding carboxylic acids is 1. The zero-order chi connectivity index (χ0) is 16.7. The lowest BCUT2D eigenvalue weighted by Crippen LogP contribution is -2.26. The molecule has 0 unspecified atom stereocenters. The fourth-order valence-electron chi connectivity index (χ4n) is 2.21. The van der Waals surface area contributed by atoms with Crippen LogP contribution in [0.25, 0.3) is 0 Å². The van der Waals surface area contributed by atoms with Crippen LogP contribution in [0.2, 0.25) is 5.02 Å². The Morgan fingerprint density at radius 3 is 2.43 bits per heavy atom. The van der Waals surface area contributed by atoms with Gasteiger partial charge in [-0.05, 0) is 55.9 Å². The molecule has 1 atom stereocenters. The van der Waals surface area contributed by atoms with E-state index in [1.165, 1.54) is 10.5 Å². The summed E-state index contributed by atoms with van der Waals surface area (Å²) < 4.78 is 0. The minimum atomic E-state index is 0.0482. The van der Waals surface area contributed by atoms with E-state index in [1.807, 2.05) is 31.2 Å². The van der Waals surface area contributed by atoms with Crippen LogP contribution >= 0.6 is 23.4 Å². The largest absolute Gasteiger partial charge is 0.350 e. The molecule has 2 rings (SSSR count). The fraction of sp³-hybridized carbons (Fsp3) is 0.316. The van der Waals surface area contributed by atoms with Gasteiger partial charge in [-0.25, -0.2) is 0 Å². The van der Waals surface area contributed by atoms with E-state index >= 15 is 0 Å². The number of hydrogen-bond acceptors (Lipinski definition) is 2. The van der Waals surface area contributed by atoms with Gasteiger partial charge in [-0.1, -0.05) is 41.4 Å². The molecule has 0 heterocycles. The molecule has 2 aromatic carbocycles. The highest BCUT2D eigenvalue weighted by atomic mass is 35.5. The smallest absolute Gasteiger partial charge is 0.220 e. The number of amides is 1. The molecular formula is C19H22ClNOS. The number of nitrogens with one attached hydrogen (secondary N) is 1. The van der Waals surface area contributed by atoms with Crippen molar-refractivity contribution in [1.29, 1.82) is 0 Å². The highest BCUT2D eigenvalue weighted by molar-refractivity contribution is 7.99. The molecule has 1 amide bonds. The number of rotatable bonds is 7. The number of halogens is 1. The van der Waals surface area contributed by atoms with E-state index in [0.717, 1.165) is 22.8 Å². The van der Waals surface area contributed by atoms with Crippen LogP contribution in [0.1, 0.15) is 36.9 Å². The zero-order valence-corrected chi connectivity index (χ0v) is 15.1. The maximum Gasteiger partial charge on any atom is 0.220 e. The summed E-state index contributed by atoms with van der Waals surface area (Å²) in [6, 6.07) is 16.1. The quantitative estimate of drug-likeness (QED) is 0.536. The van der Waals surface area contributed by atoms with E-state index in [4.69, 9.17) is 11.6 Å². The van der Waals surface area contributed by atoms with E-state index < -0.39 is 0 Å². The molecule has 0 aliphatic carbocycles. The van der Waals surface area contributed by atoms with Crippen molar-refractivity contribution in [3.8, 4) is 0 Å². The maximum atomic E-state index is 12.0. The third-order valence-electron chi connectivity index (χ3n) is 3.59. The van der Waals surface area contributed by atoms with Crippen molar-refractivity contribution in [2.24, 2.45) is 0 Å². The van der Waals surface area contributed by atoms with Gasteiger partial charge in [0.25, 0.3) is 0 Å². The summed E-state index contributed by atoms with van der Waals surface area (Å²) in [6.45, 7) is 4.08. The normalized spacial score (nSPS) is 12.0. The van der Waals surface area contributed by atoms with E-state index in [-0.39, 0.29) is 11.9 Å². The first-order chi connectivity index (χ1) is 11.0. The van der Waals surface area contributed by atoms with E-state index in [2.05, 4.69) is 36.5 Å². The van der Waals surface area contributed by atoms with Gasteiger partial charge in [0.15, 0.2) is 0 Å². The average Bonchev–Trinajstić information content (AvgIpc) is 2.54. The van der Waals surface area contributed by atoms with Crippen molar-refractivity contribution in [2.45, 2.75) is 37.6 Å². The lowest BCUT2D eigenvalue weighted by Gasteiger charge is -2.14. The van der Waals surface area contributed by atoms with E-state index in [1.54, 1.807) is 11.8 Å². The molecule has 4 heteroatoms. The van der Waals surface area contributed by atoms with Crippen LogP contribution in [-0.4, -0.2) is 11.7 Å². The Bertz CT molecular complexity index is 625. The monoisotopic (exact) mass is 347 g/mol. The molecule has 0 bridgehead atoms. The first-order valence-electron chi connectivity index (χ1n) is 7.79. The van der Waals surface area contributed by atoms with Crippen molar-refractivity contribution >= 4 is 29.3 Å². The Balaban J connectivity index is 1.68. The van der Waals surface area contributed by atoms with Gasteiger partial charge in [0.2, 0.25) is 5.91 Å². The second-order valence-corrected chi connectivity index (χ2v) is 7.21. The summed E-state index contributed by atoms with van der Waals surface area (Å²) in [5.41, 5.74) is 2.37. The van der Waals surface area contributed by atoms with Crippen molar-refractivity contribution in [3.63, 3.8) is 0 Å². The molecule has 2 aromatic rings. The standard InChI is InChI=1S/C19H22ClNOS/c1-14-5-7-16(8-6-14)15(2)21-19(22)4-3-13-23-18-11-9-17(20)10-12-18/h5-12,15H,3-4,13H2,1-2H3,(H,21,22)/t15-/m1/s1. The summed E-state index contributed by atoms with van der Waals surface area (Å²) in [7, 11) is 0. The Morgan fingerprint density at radius 2 is 1.78 bits per heavy atom. The minimum Gasteiger partial charge on any atom is -0.350 e. The van der Waals surface area contributed by atoms with Crippen LogP contribution in [0, 0.1) is 6.92 Å². The molecule has 0 fully saturated rings. The topological polar surface area (TPSA) is 29.1 Å². The van der Waals surface area contributed by atoms with Gasteiger partial charge in [-0.3, -0.25) is 4.79 Å². The Morgan fingerprint density at radius 1 is 1.13 bits per heavy atom. The molecule has 0 aliphatic heterocycles. The molecule has 0 saturated heterocycles. The van der Waals surface area contributed by atoms with Gasteiger partial charge in [0.1, 0.15) is 0 Å². The molecule has 0 aromatic heterocycles. The summed E-state index contributed by atoms with van der Waals surface area (Å²) in [6.07, 6.45) is 1.41. The van der Waals surface area contributed by atoms with Crippen LogP contribution < -0.4 is 5.32 Å². The summed E-state index contributed by atoms with van der Waals surface area (Å²) in [4.78, 5) is 13.2. The van der Waals surface area contributed by atoms with Crippen molar-refractivity contribution in [1.82, 2.24) is 5.32 Å². The molecule has 0 spiro atoms. The predicted molar refractivity (Wildman–Crippen MR) is 99.1 cm³/mol. The van der Waals surface area contributed by atoms with E-state index in [0.29, 0.717) is 6.42 Å². The molecule has 0 aliphatic rings. The van der Waals surface area contributed by atoms with Crippen LogP contribution in [-0.2, 0) is 4.79 Å². The highest BCUT2D eigenvalue weighted by Gasteiger charge is 2.09. The first kappa shape index (κ1) is 17.9. The lowest BCUT2D eigenvalue weighted by molar-refractivity contribution is -0.121. The highest BCUT2D eigenvalue weighted by Crippen LogP contribution is 2.21. The van der Waals surface area contributed by atoms with Crippen LogP contribution in [0.3, 0.4) is 0 Å². The Labute approximate surface area is 147 Å². The molecular weight excluding hydrogens is 326 g/mol. The molecule has 122 valence electrons. The molecule has 0 saturated carbocycles. The fourth-order valence-corrected chi connectivity index (χ4v) is 3.18.